The molecule has 3 heterocycles. The number of carbonyl (C=O) groups is 4. The molecule has 3 amide bonds. The molecule has 0 radical (unpaired) electrons. The number of ketones is 1. The molecule has 0 spiro atoms. The summed E-state index contributed by atoms with van der Waals surface area (Å²) in [7, 11) is 0. The van der Waals surface area contributed by atoms with E-state index in [-0.39, 0.29) is 17.9 Å². The number of nitrogens with one attached hydrogen (secondary N) is 1. The van der Waals surface area contributed by atoms with Gasteiger partial charge in [0.05, 0.1) is 29.1 Å². The fourth-order valence-electron chi connectivity index (χ4n) is 2.86. The van der Waals surface area contributed by atoms with E-state index in [1.54, 1.807) is 24.3 Å². The normalized spacial score (nSPS) is 15.9. The number of carbonyl (C=O) groups excluding carboxylic acids is 4. The van der Waals surface area contributed by atoms with Gasteiger partial charge >= 0.3 is 0 Å². The van der Waals surface area contributed by atoms with E-state index < -0.39 is 23.5 Å². The van der Waals surface area contributed by atoms with E-state index in [1.165, 1.54) is 6.07 Å². The van der Waals surface area contributed by atoms with E-state index in [2.05, 4.69) is 5.32 Å². The van der Waals surface area contributed by atoms with Crippen molar-refractivity contribution in [2.45, 2.75) is 6.54 Å². The Bertz CT molecular complexity index is 893. The second-order valence-corrected chi connectivity index (χ2v) is 5.29. The molecule has 2 aliphatic rings. The summed E-state index contributed by atoms with van der Waals surface area (Å²) in [5, 5.41) is 2.40. The van der Waals surface area contributed by atoms with Crippen LogP contribution in [-0.4, -0.2) is 33.1 Å². The maximum Gasteiger partial charge on any atom is 0.298 e. The number of amides is 3. The summed E-state index contributed by atoms with van der Waals surface area (Å²) in [6, 6.07) is 8.02. The molecular formula is C15H10N4O4. The minimum Gasteiger partial charge on any atom is -0.339 e. The Kier molecular flexibility index (Phi) is 2.47. The molecule has 2 aromatic rings. The van der Waals surface area contributed by atoms with Crippen LogP contribution in [-0.2, 0) is 11.3 Å². The highest BCUT2D eigenvalue weighted by atomic mass is 16.2. The van der Waals surface area contributed by atoms with Crippen LogP contribution in [0.4, 0.5) is 5.69 Å². The lowest BCUT2D eigenvalue weighted by Gasteiger charge is -2.14. The first kappa shape index (κ1) is 13.3. The van der Waals surface area contributed by atoms with Crippen LogP contribution in [0.5, 0.6) is 0 Å². The highest BCUT2D eigenvalue weighted by molar-refractivity contribution is 6.51. The summed E-state index contributed by atoms with van der Waals surface area (Å²) in [5.74, 6) is 3.52. The third-order valence-corrected chi connectivity index (χ3v) is 3.98. The molecule has 23 heavy (non-hydrogen) atoms. The van der Waals surface area contributed by atoms with Gasteiger partial charge in [0.15, 0.2) is 0 Å². The maximum absolute atomic E-state index is 12.3. The summed E-state index contributed by atoms with van der Waals surface area (Å²) in [6.07, 6.45) is 0. The van der Waals surface area contributed by atoms with Crippen molar-refractivity contribution in [2.24, 2.45) is 0 Å². The molecule has 0 saturated carbocycles. The summed E-state index contributed by atoms with van der Waals surface area (Å²) >= 11 is 0. The molecule has 0 aliphatic carbocycles. The molecule has 114 valence electrons. The Balaban J connectivity index is 1.69. The number of hydrogen-bond acceptors (Lipinski definition) is 5. The largest absolute Gasteiger partial charge is 0.339 e. The van der Waals surface area contributed by atoms with Crippen LogP contribution < -0.4 is 11.2 Å². The van der Waals surface area contributed by atoms with E-state index >= 15 is 0 Å². The Labute approximate surface area is 129 Å². The van der Waals surface area contributed by atoms with Crippen LogP contribution >= 0.6 is 0 Å². The minimum atomic E-state index is -0.749. The van der Waals surface area contributed by atoms with Crippen LogP contribution in [0.2, 0.25) is 0 Å². The van der Waals surface area contributed by atoms with E-state index in [9.17, 15) is 19.2 Å². The van der Waals surface area contributed by atoms with Crippen molar-refractivity contribution >= 4 is 29.2 Å². The third kappa shape index (κ3) is 1.65. The molecule has 0 unspecified atom stereocenters. The van der Waals surface area contributed by atoms with Crippen LogP contribution in [0.3, 0.4) is 0 Å². The van der Waals surface area contributed by atoms with Crippen molar-refractivity contribution in [3.05, 3.63) is 52.8 Å². The molecule has 1 aromatic carbocycles. The second kappa shape index (κ2) is 4.29. The number of Topliss-reactive ketones (excluding diaryl/α,β-unsaturated/α-hetero) is 1. The molecule has 0 atom stereocenters. The zero-order valence-electron chi connectivity index (χ0n) is 11.7. The topological polar surface area (TPSA) is 114 Å². The zero-order valence-corrected chi connectivity index (χ0v) is 11.7. The zero-order chi connectivity index (χ0) is 16.3. The molecular weight excluding hydrogens is 300 g/mol. The smallest absolute Gasteiger partial charge is 0.298 e. The molecule has 3 N–H and O–H groups in total. The van der Waals surface area contributed by atoms with E-state index in [4.69, 9.17) is 5.84 Å². The first-order chi connectivity index (χ1) is 11.0. The minimum absolute atomic E-state index is 0.0293. The Hall–Kier alpha value is -3.42. The first-order valence-corrected chi connectivity index (χ1v) is 6.79. The van der Waals surface area contributed by atoms with Gasteiger partial charge in [0.1, 0.15) is 5.69 Å². The Morgan fingerprint density at radius 3 is 2.17 bits per heavy atom. The van der Waals surface area contributed by atoms with Gasteiger partial charge in [0, 0.05) is 0 Å². The SMILES string of the molecule is Nn1c(CN2C(=O)c3ccccc3C2=O)cc2c1C(=O)C(=O)N2. The number of nitrogen functional groups attached to an aromatic ring is 1. The van der Waals surface area contributed by atoms with Crippen LogP contribution in [0.15, 0.2) is 30.3 Å². The highest BCUT2D eigenvalue weighted by Crippen LogP contribution is 2.29. The van der Waals surface area contributed by atoms with Crippen LogP contribution in [0.1, 0.15) is 36.9 Å². The number of anilines is 1. The number of imide groups is 1. The lowest BCUT2D eigenvalue weighted by atomic mass is 10.1. The lowest BCUT2D eigenvalue weighted by molar-refractivity contribution is -0.112. The van der Waals surface area contributed by atoms with Crippen molar-refractivity contribution in [3.8, 4) is 0 Å². The van der Waals surface area contributed by atoms with Gasteiger partial charge in [0.25, 0.3) is 23.5 Å². The van der Waals surface area contributed by atoms with Crippen molar-refractivity contribution in [1.29, 1.82) is 0 Å². The molecule has 0 fully saturated rings. The number of rotatable bonds is 2. The van der Waals surface area contributed by atoms with Crippen molar-refractivity contribution in [2.75, 3.05) is 11.2 Å². The lowest BCUT2D eigenvalue weighted by Crippen LogP contribution is -2.32. The number of benzene rings is 1. The number of nitrogens with two attached hydrogens (primary N) is 1. The number of aromatic nitrogens is 1. The Morgan fingerprint density at radius 2 is 1.61 bits per heavy atom. The summed E-state index contributed by atoms with van der Waals surface area (Å²) < 4.78 is 1.04. The van der Waals surface area contributed by atoms with Gasteiger partial charge in [0.2, 0.25) is 0 Å². The molecule has 2 aliphatic heterocycles. The summed E-state index contributed by atoms with van der Waals surface area (Å²) in [4.78, 5) is 48.7. The number of nitrogens with zero attached hydrogens (tertiary/aromatic N) is 2. The van der Waals surface area contributed by atoms with E-state index in [1.807, 2.05) is 0 Å². The molecule has 0 saturated heterocycles. The van der Waals surface area contributed by atoms with Gasteiger partial charge in [-0.15, -0.1) is 0 Å². The van der Waals surface area contributed by atoms with Crippen molar-refractivity contribution < 1.29 is 19.2 Å². The first-order valence-electron chi connectivity index (χ1n) is 6.79. The van der Waals surface area contributed by atoms with Crippen molar-refractivity contribution in [3.63, 3.8) is 0 Å². The van der Waals surface area contributed by atoms with Crippen LogP contribution in [0.25, 0.3) is 0 Å². The van der Waals surface area contributed by atoms with Gasteiger partial charge in [-0.2, -0.15) is 0 Å². The summed E-state index contributed by atoms with van der Waals surface area (Å²) in [6.45, 7) is -0.0843. The van der Waals surface area contributed by atoms with Gasteiger partial charge in [-0.25, -0.2) is 0 Å². The molecule has 4 rings (SSSR count). The number of hydrogen-bond donors (Lipinski definition) is 2. The molecule has 8 nitrogen and oxygen atoms in total. The fourth-order valence-corrected chi connectivity index (χ4v) is 2.86. The summed E-state index contributed by atoms with van der Waals surface area (Å²) in [5.41, 5.74) is 1.36. The fraction of sp³-hybridized carbons (Fsp3) is 0.0667. The second-order valence-electron chi connectivity index (χ2n) is 5.29. The van der Waals surface area contributed by atoms with Gasteiger partial charge in [-0.1, -0.05) is 12.1 Å². The number of fused-ring (bicyclic) bond motifs is 2. The molecule has 0 bridgehead atoms. The quantitative estimate of drug-likeness (QED) is 0.465. The average molecular weight is 310 g/mol. The van der Waals surface area contributed by atoms with E-state index in [0.29, 0.717) is 16.8 Å². The van der Waals surface area contributed by atoms with Gasteiger partial charge in [-0.05, 0) is 18.2 Å². The van der Waals surface area contributed by atoms with Gasteiger partial charge < -0.3 is 11.2 Å². The van der Waals surface area contributed by atoms with Gasteiger partial charge in [-0.3, -0.25) is 28.8 Å². The molecule has 8 heteroatoms. The maximum atomic E-state index is 12.3. The monoisotopic (exact) mass is 310 g/mol. The predicted molar refractivity (Wildman–Crippen MR) is 78.2 cm³/mol. The average Bonchev–Trinajstić information content (AvgIpc) is 3.08. The van der Waals surface area contributed by atoms with Crippen molar-refractivity contribution in [1.82, 2.24) is 9.58 Å². The van der Waals surface area contributed by atoms with Crippen LogP contribution in [0, 0.1) is 0 Å². The van der Waals surface area contributed by atoms with E-state index in [0.717, 1.165) is 9.58 Å². The third-order valence-electron chi connectivity index (χ3n) is 3.98. The highest BCUT2D eigenvalue weighted by Gasteiger charge is 2.38. The predicted octanol–water partition coefficient (Wildman–Crippen LogP) is 0.133. The Morgan fingerprint density at radius 1 is 1.00 bits per heavy atom. The molecule has 1 aromatic heterocycles. The standard InChI is InChI=1S/C15H10N4O4/c16-19-7(5-10-11(19)12(20)13(21)17-10)6-18-14(22)8-3-1-2-4-9(8)15(18)23/h1-5H,6,16H2,(H,17,20,21).